The lowest BCUT2D eigenvalue weighted by molar-refractivity contribution is 0.624. The van der Waals surface area contributed by atoms with E-state index in [9.17, 15) is 4.39 Å². The zero-order valence-electron chi connectivity index (χ0n) is 16.4. The Balaban J connectivity index is 1.32. The molecule has 30 heavy (non-hydrogen) atoms. The highest BCUT2D eigenvalue weighted by molar-refractivity contribution is 7.80. The van der Waals surface area contributed by atoms with E-state index in [1.54, 1.807) is 29.2 Å². The molecule has 8 heteroatoms. The van der Waals surface area contributed by atoms with Crippen LogP contribution in [0.25, 0.3) is 0 Å². The van der Waals surface area contributed by atoms with Gasteiger partial charge in [-0.25, -0.2) is 4.39 Å². The SMILES string of the molecule is Cc1ccccc1Cn1cc(NC(=S)Nc2cnn(Cc3ccc(F)cc3)c2)cn1. The van der Waals surface area contributed by atoms with E-state index in [2.05, 4.69) is 39.9 Å². The van der Waals surface area contributed by atoms with Crippen molar-refractivity contribution >= 4 is 28.7 Å². The second-order valence-electron chi connectivity index (χ2n) is 6.99. The maximum Gasteiger partial charge on any atom is 0.175 e. The summed E-state index contributed by atoms with van der Waals surface area (Å²) in [4.78, 5) is 0. The van der Waals surface area contributed by atoms with Gasteiger partial charge in [-0.05, 0) is 48.0 Å². The van der Waals surface area contributed by atoms with Crippen molar-refractivity contribution < 1.29 is 4.39 Å². The number of nitrogens with zero attached hydrogens (tertiary/aromatic N) is 4. The minimum Gasteiger partial charge on any atom is -0.330 e. The van der Waals surface area contributed by atoms with Crippen molar-refractivity contribution in [2.45, 2.75) is 20.0 Å². The average Bonchev–Trinajstić information content (AvgIpc) is 3.35. The number of thiocarbonyl (C=S) groups is 1. The number of aromatic nitrogens is 4. The second kappa shape index (κ2) is 8.87. The van der Waals surface area contributed by atoms with E-state index in [1.807, 2.05) is 29.2 Å². The van der Waals surface area contributed by atoms with Crippen molar-refractivity contribution in [2.24, 2.45) is 0 Å². The van der Waals surface area contributed by atoms with Crippen LogP contribution in [-0.2, 0) is 13.1 Å². The van der Waals surface area contributed by atoms with Crippen molar-refractivity contribution in [1.29, 1.82) is 0 Å². The average molecular weight is 421 g/mol. The summed E-state index contributed by atoms with van der Waals surface area (Å²) in [7, 11) is 0. The largest absolute Gasteiger partial charge is 0.330 e. The van der Waals surface area contributed by atoms with Crippen LogP contribution in [0.5, 0.6) is 0 Å². The van der Waals surface area contributed by atoms with Crippen LogP contribution in [0.4, 0.5) is 15.8 Å². The predicted molar refractivity (Wildman–Crippen MR) is 120 cm³/mol. The van der Waals surface area contributed by atoms with E-state index >= 15 is 0 Å². The molecule has 0 saturated heterocycles. The molecule has 4 rings (SSSR count). The Morgan fingerprint density at radius 2 is 1.50 bits per heavy atom. The standard InChI is InChI=1S/C22H21FN6S/c1-16-4-2-3-5-18(16)13-29-15-21(11-25-29)27-22(30)26-20-10-24-28(14-20)12-17-6-8-19(23)9-7-17/h2-11,14-15H,12-13H2,1H3,(H2,26,27,30). The smallest absolute Gasteiger partial charge is 0.175 e. The maximum atomic E-state index is 13.0. The summed E-state index contributed by atoms with van der Waals surface area (Å²) in [5.41, 5.74) is 4.99. The predicted octanol–water partition coefficient (Wildman–Crippen LogP) is 4.43. The van der Waals surface area contributed by atoms with E-state index in [0.29, 0.717) is 18.2 Å². The Kier molecular flexibility index (Phi) is 5.85. The summed E-state index contributed by atoms with van der Waals surface area (Å²) in [5.74, 6) is -0.250. The van der Waals surface area contributed by atoms with E-state index < -0.39 is 0 Å². The summed E-state index contributed by atoms with van der Waals surface area (Å²) in [6.07, 6.45) is 7.20. The van der Waals surface area contributed by atoms with Gasteiger partial charge in [0.05, 0.1) is 36.9 Å². The van der Waals surface area contributed by atoms with Gasteiger partial charge in [-0.2, -0.15) is 10.2 Å². The van der Waals surface area contributed by atoms with Crippen LogP contribution in [0, 0.1) is 12.7 Å². The zero-order valence-corrected chi connectivity index (χ0v) is 17.2. The Labute approximate surface area is 179 Å². The van der Waals surface area contributed by atoms with E-state index in [0.717, 1.165) is 16.9 Å². The first-order chi connectivity index (χ1) is 14.5. The van der Waals surface area contributed by atoms with Crippen molar-refractivity contribution in [3.8, 4) is 0 Å². The fourth-order valence-electron chi connectivity index (χ4n) is 3.06. The molecular formula is C22H21FN6S. The van der Waals surface area contributed by atoms with Crippen LogP contribution >= 0.6 is 12.2 Å². The van der Waals surface area contributed by atoms with E-state index in [1.165, 1.54) is 23.3 Å². The summed E-state index contributed by atoms with van der Waals surface area (Å²) < 4.78 is 16.7. The quantitative estimate of drug-likeness (QED) is 0.452. The third-order valence-corrected chi connectivity index (χ3v) is 4.84. The Morgan fingerprint density at radius 3 is 2.13 bits per heavy atom. The highest BCUT2D eigenvalue weighted by atomic mass is 32.1. The van der Waals surface area contributed by atoms with Crippen molar-refractivity contribution in [3.05, 3.63) is 95.8 Å². The molecule has 0 aliphatic rings. The van der Waals surface area contributed by atoms with Crippen molar-refractivity contribution in [3.63, 3.8) is 0 Å². The molecule has 2 aromatic carbocycles. The van der Waals surface area contributed by atoms with Gasteiger partial charge >= 0.3 is 0 Å². The van der Waals surface area contributed by atoms with E-state index in [4.69, 9.17) is 12.2 Å². The number of rotatable bonds is 6. The number of hydrogen-bond donors (Lipinski definition) is 2. The molecule has 0 amide bonds. The Hall–Kier alpha value is -3.52. The molecule has 6 nitrogen and oxygen atoms in total. The van der Waals surface area contributed by atoms with Gasteiger partial charge in [0.25, 0.3) is 0 Å². The summed E-state index contributed by atoms with van der Waals surface area (Å²) in [6, 6.07) is 14.6. The normalized spacial score (nSPS) is 10.7. The van der Waals surface area contributed by atoms with Gasteiger partial charge in [0.15, 0.2) is 5.11 Å². The molecular weight excluding hydrogens is 399 g/mol. The minimum atomic E-state index is -0.250. The van der Waals surface area contributed by atoms with Gasteiger partial charge in [-0.15, -0.1) is 0 Å². The summed E-state index contributed by atoms with van der Waals surface area (Å²) in [6.45, 7) is 3.34. The second-order valence-corrected chi connectivity index (χ2v) is 7.39. The highest BCUT2D eigenvalue weighted by Crippen LogP contribution is 2.13. The molecule has 0 aliphatic heterocycles. The monoisotopic (exact) mass is 420 g/mol. The molecule has 0 spiro atoms. The number of aryl methyl sites for hydroxylation is 1. The molecule has 0 radical (unpaired) electrons. The molecule has 2 N–H and O–H groups in total. The minimum absolute atomic E-state index is 0.250. The molecule has 0 atom stereocenters. The van der Waals surface area contributed by atoms with E-state index in [-0.39, 0.29) is 5.82 Å². The Bertz CT molecular complexity index is 1150. The number of anilines is 2. The number of benzene rings is 2. The molecule has 0 saturated carbocycles. The number of hydrogen-bond acceptors (Lipinski definition) is 3. The summed E-state index contributed by atoms with van der Waals surface area (Å²) >= 11 is 5.39. The third kappa shape index (κ3) is 5.09. The number of nitrogens with one attached hydrogen (secondary N) is 2. The molecule has 2 aromatic heterocycles. The molecule has 0 fully saturated rings. The van der Waals surface area contributed by atoms with Gasteiger partial charge in [0, 0.05) is 12.4 Å². The highest BCUT2D eigenvalue weighted by Gasteiger charge is 2.06. The zero-order chi connectivity index (χ0) is 20.9. The molecule has 0 aliphatic carbocycles. The lowest BCUT2D eigenvalue weighted by Gasteiger charge is -2.07. The van der Waals surface area contributed by atoms with Crippen LogP contribution in [-0.4, -0.2) is 24.7 Å². The lowest BCUT2D eigenvalue weighted by Crippen LogP contribution is -2.18. The molecule has 0 unspecified atom stereocenters. The summed E-state index contributed by atoms with van der Waals surface area (Å²) in [5, 5.41) is 15.4. The fourth-order valence-corrected chi connectivity index (χ4v) is 3.30. The first kappa shape index (κ1) is 19.8. The van der Waals surface area contributed by atoms with Crippen molar-refractivity contribution in [1.82, 2.24) is 19.6 Å². The lowest BCUT2D eigenvalue weighted by atomic mass is 10.1. The number of halogens is 1. The van der Waals surface area contributed by atoms with Gasteiger partial charge in [0.1, 0.15) is 5.82 Å². The van der Waals surface area contributed by atoms with Crippen LogP contribution in [0.2, 0.25) is 0 Å². The van der Waals surface area contributed by atoms with Crippen LogP contribution < -0.4 is 10.6 Å². The van der Waals surface area contributed by atoms with Crippen LogP contribution in [0.1, 0.15) is 16.7 Å². The van der Waals surface area contributed by atoms with Crippen LogP contribution in [0.15, 0.2) is 73.3 Å². The van der Waals surface area contributed by atoms with Gasteiger partial charge in [-0.1, -0.05) is 36.4 Å². The third-order valence-electron chi connectivity index (χ3n) is 4.63. The first-order valence-electron chi connectivity index (χ1n) is 9.47. The van der Waals surface area contributed by atoms with Crippen molar-refractivity contribution in [2.75, 3.05) is 10.6 Å². The van der Waals surface area contributed by atoms with Gasteiger partial charge in [-0.3, -0.25) is 9.36 Å². The molecule has 152 valence electrons. The fraction of sp³-hybridized carbons (Fsp3) is 0.136. The van der Waals surface area contributed by atoms with Crippen LogP contribution in [0.3, 0.4) is 0 Å². The maximum absolute atomic E-state index is 13.0. The van der Waals surface area contributed by atoms with Gasteiger partial charge in [0.2, 0.25) is 0 Å². The molecule has 2 heterocycles. The topological polar surface area (TPSA) is 59.7 Å². The molecule has 4 aromatic rings. The van der Waals surface area contributed by atoms with Gasteiger partial charge < -0.3 is 10.6 Å². The Morgan fingerprint density at radius 1 is 0.900 bits per heavy atom. The molecule has 0 bridgehead atoms. The first-order valence-corrected chi connectivity index (χ1v) is 9.88.